The lowest BCUT2D eigenvalue weighted by atomic mass is 9.94. The van der Waals surface area contributed by atoms with E-state index in [9.17, 15) is 9.59 Å². The minimum absolute atomic E-state index is 0.134. The predicted molar refractivity (Wildman–Crippen MR) is 79.8 cm³/mol. The summed E-state index contributed by atoms with van der Waals surface area (Å²) in [5, 5.41) is 0. The first-order valence-electron chi connectivity index (χ1n) is 6.78. The molecule has 8 heteroatoms. The van der Waals surface area contributed by atoms with E-state index in [0.717, 1.165) is 0 Å². The zero-order valence-electron chi connectivity index (χ0n) is 12.7. The van der Waals surface area contributed by atoms with Gasteiger partial charge in [0, 0.05) is 0 Å². The lowest BCUT2D eigenvalue weighted by Gasteiger charge is -2.26. The lowest BCUT2D eigenvalue weighted by molar-refractivity contribution is -0.150. The molecule has 0 aliphatic rings. The van der Waals surface area contributed by atoms with Crippen LogP contribution in [0.25, 0.3) is 0 Å². The molecule has 22 heavy (non-hydrogen) atoms. The second kappa shape index (κ2) is 6.84. The Kier molecular flexibility index (Phi) is 5.61. The highest BCUT2D eigenvalue weighted by Crippen LogP contribution is 2.21. The van der Waals surface area contributed by atoms with Crippen molar-refractivity contribution >= 4 is 11.9 Å². The van der Waals surface area contributed by atoms with Gasteiger partial charge in [-0.3, -0.25) is 0 Å². The van der Waals surface area contributed by atoms with Crippen molar-refractivity contribution in [1.29, 1.82) is 0 Å². The summed E-state index contributed by atoms with van der Waals surface area (Å²) in [6.45, 7) is 3.54. The average Bonchev–Trinajstić information content (AvgIpc) is 2.47. The summed E-state index contributed by atoms with van der Waals surface area (Å²) in [5.41, 5.74) is 20.0. The van der Waals surface area contributed by atoms with Crippen LogP contribution in [-0.4, -0.2) is 25.2 Å². The summed E-state index contributed by atoms with van der Waals surface area (Å²) in [6.07, 6.45) is 0. The summed E-state index contributed by atoms with van der Waals surface area (Å²) >= 11 is 0. The van der Waals surface area contributed by atoms with E-state index in [4.69, 9.17) is 32.4 Å². The average molecular weight is 310 g/mol. The van der Waals surface area contributed by atoms with Crippen molar-refractivity contribution in [2.45, 2.75) is 25.2 Å². The molecule has 0 unspecified atom stereocenters. The van der Waals surface area contributed by atoms with Crippen LogP contribution in [0.3, 0.4) is 0 Å². The van der Waals surface area contributed by atoms with Gasteiger partial charge in [0.25, 0.3) is 0 Å². The van der Waals surface area contributed by atoms with E-state index in [-0.39, 0.29) is 24.3 Å². The van der Waals surface area contributed by atoms with Gasteiger partial charge in [-0.1, -0.05) is 18.2 Å². The molecule has 1 rings (SSSR count). The molecule has 8 N–H and O–H groups in total. The van der Waals surface area contributed by atoms with Gasteiger partial charge >= 0.3 is 11.9 Å². The van der Waals surface area contributed by atoms with Crippen LogP contribution in [0.2, 0.25) is 0 Å². The van der Waals surface area contributed by atoms with Crippen LogP contribution in [0.15, 0.2) is 24.3 Å². The number of carbonyl (C=O) groups excluding carboxylic acids is 2. The maximum absolute atomic E-state index is 11.8. The van der Waals surface area contributed by atoms with Crippen molar-refractivity contribution in [3.05, 3.63) is 35.4 Å². The topological polar surface area (TPSA) is 157 Å². The predicted octanol–water partition coefficient (Wildman–Crippen LogP) is -1.05. The second-order valence-electron chi connectivity index (χ2n) is 4.76. The van der Waals surface area contributed by atoms with Crippen molar-refractivity contribution in [2.75, 3.05) is 13.2 Å². The van der Waals surface area contributed by atoms with Gasteiger partial charge in [-0.05, 0) is 31.0 Å². The number of hydrogen-bond acceptors (Lipinski definition) is 8. The molecule has 0 amide bonds. The summed E-state index contributed by atoms with van der Waals surface area (Å²) in [7, 11) is 0. The molecule has 0 radical (unpaired) electrons. The largest absolute Gasteiger partial charge is 0.463 e. The first-order valence-corrected chi connectivity index (χ1v) is 6.78. The van der Waals surface area contributed by atoms with Gasteiger partial charge < -0.3 is 32.4 Å². The molecule has 0 atom stereocenters. The van der Waals surface area contributed by atoms with Crippen LogP contribution in [0.5, 0.6) is 0 Å². The summed E-state index contributed by atoms with van der Waals surface area (Å²) in [5.74, 6) is -1.61. The molecule has 0 saturated heterocycles. The zero-order valence-corrected chi connectivity index (χ0v) is 12.7. The summed E-state index contributed by atoms with van der Waals surface area (Å²) in [6, 6.07) is 5.95. The smallest absolute Gasteiger partial charge is 0.345 e. The Balaban J connectivity index is 3.19. The SMILES string of the molecule is CCOC(=O)C(N)(N)c1cccc(C(N)(N)C(=O)OCC)c1. The van der Waals surface area contributed by atoms with Gasteiger partial charge in [0.05, 0.1) is 13.2 Å². The Morgan fingerprint density at radius 2 is 1.27 bits per heavy atom. The number of rotatable bonds is 6. The van der Waals surface area contributed by atoms with Crippen LogP contribution >= 0.6 is 0 Å². The molecule has 0 spiro atoms. The molecule has 0 heterocycles. The Labute approximate surface area is 128 Å². The minimum atomic E-state index is -1.88. The number of esters is 2. The van der Waals surface area contributed by atoms with Crippen LogP contribution in [-0.2, 0) is 30.4 Å². The molecule has 0 aliphatic carbocycles. The molecule has 1 aromatic rings. The fourth-order valence-corrected chi connectivity index (χ4v) is 1.77. The van der Waals surface area contributed by atoms with Crippen LogP contribution < -0.4 is 22.9 Å². The van der Waals surface area contributed by atoms with Gasteiger partial charge in [0.15, 0.2) is 11.3 Å². The fourth-order valence-electron chi connectivity index (χ4n) is 1.77. The molecular formula is C14H22N4O4. The maximum atomic E-state index is 11.8. The van der Waals surface area contributed by atoms with E-state index in [1.165, 1.54) is 24.3 Å². The van der Waals surface area contributed by atoms with E-state index in [0.29, 0.717) is 0 Å². The van der Waals surface area contributed by atoms with Crippen molar-refractivity contribution in [2.24, 2.45) is 22.9 Å². The number of hydrogen-bond donors (Lipinski definition) is 4. The third-order valence-corrected chi connectivity index (χ3v) is 3.04. The van der Waals surface area contributed by atoms with E-state index in [2.05, 4.69) is 0 Å². The second-order valence-corrected chi connectivity index (χ2v) is 4.76. The van der Waals surface area contributed by atoms with Crippen LogP contribution in [0, 0.1) is 0 Å². The third-order valence-electron chi connectivity index (χ3n) is 3.04. The number of ether oxygens (including phenoxy) is 2. The molecule has 1 aromatic carbocycles. The Hall–Kier alpha value is -2.00. The molecule has 0 saturated carbocycles. The molecule has 0 fully saturated rings. The minimum Gasteiger partial charge on any atom is -0.463 e. The van der Waals surface area contributed by atoms with E-state index in [1.807, 2.05) is 0 Å². The fraction of sp³-hybridized carbons (Fsp3) is 0.429. The number of nitrogens with two attached hydrogens (primary N) is 4. The van der Waals surface area contributed by atoms with E-state index < -0.39 is 23.3 Å². The monoisotopic (exact) mass is 310 g/mol. The van der Waals surface area contributed by atoms with Gasteiger partial charge in [0.2, 0.25) is 0 Å². The van der Waals surface area contributed by atoms with E-state index in [1.54, 1.807) is 13.8 Å². The Morgan fingerprint density at radius 3 is 1.59 bits per heavy atom. The van der Waals surface area contributed by atoms with Crippen LogP contribution in [0.4, 0.5) is 0 Å². The van der Waals surface area contributed by atoms with Crippen LogP contribution in [0.1, 0.15) is 25.0 Å². The molecule has 0 aromatic heterocycles. The number of carbonyl (C=O) groups is 2. The quantitative estimate of drug-likeness (QED) is 0.383. The van der Waals surface area contributed by atoms with Gasteiger partial charge in [-0.25, -0.2) is 9.59 Å². The summed E-state index contributed by atoms with van der Waals surface area (Å²) in [4.78, 5) is 23.7. The summed E-state index contributed by atoms with van der Waals surface area (Å²) < 4.78 is 9.66. The molecule has 0 bridgehead atoms. The first-order chi connectivity index (χ1) is 10.2. The molecular weight excluding hydrogens is 288 g/mol. The highest BCUT2D eigenvalue weighted by Gasteiger charge is 2.37. The lowest BCUT2D eigenvalue weighted by Crippen LogP contribution is -2.56. The van der Waals surface area contributed by atoms with Crippen molar-refractivity contribution < 1.29 is 19.1 Å². The van der Waals surface area contributed by atoms with Gasteiger partial charge in [0.1, 0.15) is 0 Å². The molecule has 8 nitrogen and oxygen atoms in total. The van der Waals surface area contributed by atoms with Gasteiger partial charge in [-0.2, -0.15) is 0 Å². The molecule has 122 valence electrons. The zero-order chi connectivity index (χ0) is 17.0. The standard InChI is InChI=1S/C14H22N4O4/c1-3-21-11(19)13(15,16)9-6-5-7-10(8-9)14(17,18)12(20)22-4-2/h5-8H,3-4,15-18H2,1-2H3. The van der Waals surface area contributed by atoms with E-state index >= 15 is 0 Å². The normalized spacial score (nSPS) is 11.9. The first kappa shape index (κ1) is 18.1. The number of benzene rings is 1. The van der Waals surface area contributed by atoms with Crippen molar-refractivity contribution in [1.82, 2.24) is 0 Å². The van der Waals surface area contributed by atoms with Crippen molar-refractivity contribution in [3.8, 4) is 0 Å². The van der Waals surface area contributed by atoms with Gasteiger partial charge in [-0.15, -0.1) is 0 Å². The Bertz CT molecular complexity index is 512. The third kappa shape index (κ3) is 3.60. The Morgan fingerprint density at radius 1 is 0.909 bits per heavy atom. The maximum Gasteiger partial charge on any atom is 0.345 e. The highest BCUT2D eigenvalue weighted by molar-refractivity contribution is 5.83. The molecule has 0 aliphatic heterocycles. The highest BCUT2D eigenvalue weighted by atomic mass is 16.5. The van der Waals surface area contributed by atoms with Crippen molar-refractivity contribution in [3.63, 3.8) is 0 Å².